The van der Waals surface area contributed by atoms with Gasteiger partial charge >= 0.3 is 0 Å². The summed E-state index contributed by atoms with van der Waals surface area (Å²) in [6.45, 7) is 12.4. The molecular formula is C20H41N5O2. The predicted molar refractivity (Wildman–Crippen MR) is 111 cm³/mol. The summed E-state index contributed by atoms with van der Waals surface area (Å²) >= 11 is 0. The maximum Gasteiger partial charge on any atom is 0.191 e. The summed E-state index contributed by atoms with van der Waals surface area (Å²) in [4.78, 5) is 9.90. The molecule has 2 rings (SSSR count). The number of likely N-dealkylation sites (tertiary alicyclic amines) is 2. The molecule has 27 heavy (non-hydrogen) atoms. The zero-order valence-electron chi connectivity index (χ0n) is 17.7. The van der Waals surface area contributed by atoms with Crippen LogP contribution in [0.3, 0.4) is 0 Å². The molecule has 7 heteroatoms. The summed E-state index contributed by atoms with van der Waals surface area (Å²) in [5.41, 5.74) is 0. The third-order valence-corrected chi connectivity index (χ3v) is 5.71. The van der Waals surface area contributed by atoms with Gasteiger partial charge in [-0.3, -0.25) is 4.99 Å². The molecule has 2 aliphatic heterocycles. The van der Waals surface area contributed by atoms with E-state index in [1.54, 1.807) is 14.2 Å². The number of nitrogens with one attached hydrogen (secondary N) is 2. The van der Waals surface area contributed by atoms with E-state index in [0.29, 0.717) is 12.0 Å². The van der Waals surface area contributed by atoms with E-state index in [1.807, 2.05) is 0 Å². The van der Waals surface area contributed by atoms with Gasteiger partial charge in [0, 0.05) is 59.5 Å². The lowest BCUT2D eigenvalue weighted by Gasteiger charge is -2.33. The number of hydrogen-bond acceptors (Lipinski definition) is 5. The van der Waals surface area contributed by atoms with Crippen LogP contribution in [0.1, 0.15) is 32.6 Å². The number of nitrogens with zero attached hydrogens (tertiary/aromatic N) is 3. The Morgan fingerprint density at radius 1 is 0.926 bits per heavy atom. The Hall–Kier alpha value is -0.890. The molecule has 0 aromatic carbocycles. The molecule has 2 heterocycles. The van der Waals surface area contributed by atoms with E-state index in [-0.39, 0.29) is 0 Å². The van der Waals surface area contributed by atoms with Crippen molar-refractivity contribution in [2.45, 2.75) is 38.6 Å². The third-order valence-electron chi connectivity index (χ3n) is 5.71. The number of rotatable bonds is 10. The van der Waals surface area contributed by atoms with Crippen LogP contribution < -0.4 is 10.6 Å². The standard InChI is InChI=1S/C20H41N5O2/c1-4-21-20(23-19-7-11-25(12-8-19)14-16-27-3)22-17-18-5-9-24(10-6-18)13-15-26-2/h18-19H,4-17H2,1-3H3,(H2,21,22,23). The highest BCUT2D eigenvalue weighted by Gasteiger charge is 2.21. The fourth-order valence-electron chi connectivity index (χ4n) is 3.87. The van der Waals surface area contributed by atoms with Gasteiger partial charge in [0.1, 0.15) is 0 Å². The van der Waals surface area contributed by atoms with Gasteiger partial charge in [-0.2, -0.15) is 0 Å². The Morgan fingerprint density at radius 3 is 2.00 bits per heavy atom. The van der Waals surface area contributed by atoms with Gasteiger partial charge in [0.2, 0.25) is 0 Å². The lowest BCUT2D eigenvalue weighted by atomic mass is 9.97. The summed E-state index contributed by atoms with van der Waals surface area (Å²) in [5.74, 6) is 1.70. The quantitative estimate of drug-likeness (QED) is 0.434. The second-order valence-electron chi connectivity index (χ2n) is 7.75. The van der Waals surface area contributed by atoms with Crippen molar-refractivity contribution < 1.29 is 9.47 Å². The molecule has 0 unspecified atom stereocenters. The van der Waals surface area contributed by atoms with Crippen molar-refractivity contribution in [1.82, 2.24) is 20.4 Å². The maximum atomic E-state index is 5.19. The second kappa shape index (κ2) is 13.3. The first-order valence-corrected chi connectivity index (χ1v) is 10.7. The van der Waals surface area contributed by atoms with Gasteiger partial charge in [-0.05, 0) is 51.6 Å². The van der Waals surface area contributed by atoms with Gasteiger partial charge in [0.05, 0.1) is 13.2 Å². The van der Waals surface area contributed by atoms with Crippen molar-refractivity contribution >= 4 is 5.96 Å². The van der Waals surface area contributed by atoms with Crippen molar-refractivity contribution in [3.63, 3.8) is 0 Å². The van der Waals surface area contributed by atoms with Crippen molar-refractivity contribution in [3.05, 3.63) is 0 Å². The Labute approximate surface area is 165 Å². The molecule has 0 amide bonds. The van der Waals surface area contributed by atoms with Crippen LogP contribution in [-0.4, -0.2) is 102 Å². The summed E-state index contributed by atoms with van der Waals surface area (Å²) in [7, 11) is 3.55. The average molecular weight is 384 g/mol. The van der Waals surface area contributed by atoms with Gasteiger partial charge in [0.25, 0.3) is 0 Å². The molecule has 0 radical (unpaired) electrons. The van der Waals surface area contributed by atoms with E-state index in [2.05, 4.69) is 27.4 Å². The first-order chi connectivity index (χ1) is 13.2. The van der Waals surface area contributed by atoms with Crippen molar-refractivity contribution in [1.29, 1.82) is 0 Å². The van der Waals surface area contributed by atoms with E-state index in [9.17, 15) is 0 Å². The first kappa shape index (κ1) is 22.4. The van der Waals surface area contributed by atoms with Crippen molar-refractivity contribution in [2.24, 2.45) is 10.9 Å². The minimum Gasteiger partial charge on any atom is -0.383 e. The van der Waals surface area contributed by atoms with Crippen LogP contribution in [0, 0.1) is 5.92 Å². The Kier molecular flexibility index (Phi) is 11.0. The molecular weight excluding hydrogens is 342 g/mol. The lowest BCUT2D eigenvalue weighted by molar-refractivity contribution is 0.121. The van der Waals surface area contributed by atoms with Crippen LogP contribution in [0.25, 0.3) is 0 Å². The normalized spacial score (nSPS) is 21.5. The molecule has 2 saturated heterocycles. The minimum absolute atomic E-state index is 0.525. The van der Waals surface area contributed by atoms with Crippen LogP contribution >= 0.6 is 0 Å². The highest BCUT2D eigenvalue weighted by atomic mass is 16.5. The highest BCUT2D eigenvalue weighted by Crippen LogP contribution is 2.17. The zero-order chi connectivity index (χ0) is 19.3. The molecule has 0 saturated carbocycles. The minimum atomic E-state index is 0.525. The van der Waals surface area contributed by atoms with E-state index < -0.39 is 0 Å². The van der Waals surface area contributed by atoms with Crippen molar-refractivity contribution in [2.75, 3.05) is 79.8 Å². The van der Waals surface area contributed by atoms with Crippen LogP contribution in [0.15, 0.2) is 4.99 Å². The molecule has 0 aliphatic carbocycles. The molecule has 0 aromatic rings. The molecule has 0 aromatic heterocycles. The zero-order valence-corrected chi connectivity index (χ0v) is 17.7. The number of guanidine groups is 1. The predicted octanol–water partition coefficient (Wildman–Crippen LogP) is 1.01. The van der Waals surface area contributed by atoms with Crippen LogP contribution in [0.4, 0.5) is 0 Å². The molecule has 0 spiro atoms. The Morgan fingerprint density at radius 2 is 1.48 bits per heavy atom. The first-order valence-electron chi connectivity index (χ1n) is 10.7. The Bertz CT molecular complexity index is 405. The SMILES string of the molecule is CCNC(=NCC1CCN(CCOC)CC1)NC1CCN(CCOC)CC1. The maximum absolute atomic E-state index is 5.19. The van der Waals surface area contributed by atoms with Gasteiger partial charge < -0.3 is 29.9 Å². The largest absolute Gasteiger partial charge is 0.383 e. The van der Waals surface area contributed by atoms with Crippen LogP contribution in [-0.2, 0) is 9.47 Å². The van der Waals surface area contributed by atoms with Crippen molar-refractivity contribution in [3.8, 4) is 0 Å². The molecule has 158 valence electrons. The topological polar surface area (TPSA) is 61.4 Å². The second-order valence-corrected chi connectivity index (χ2v) is 7.75. The lowest BCUT2D eigenvalue weighted by Crippen LogP contribution is -2.49. The molecule has 0 atom stereocenters. The molecule has 2 aliphatic rings. The van der Waals surface area contributed by atoms with Crippen LogP contribution in [0.5, 0.6) is 0 Å². The summed E-state index contributed by atoms with van der Waals surface area (Å²) in [5, 5.41) is 7.09. The van der Waals surface area contributed by atoms with Crippen LogP contribution in [0.2, 0.25) is 0 Å². The molecule has 2 N–H and O–H groups in total. The van der Waals surface area contributed by atoms with E-state index in [1.165, 1.54) is 38.8 Å². The number of piperidine rings is 2. The van der Waals surface area contributed by atoms with Gasteiger partial charge in [0.15, 0.2) is 5.96 Å². The number of aliphatic imine (C=N–C) groups is 1. The average Bonchev–Trinajstić information content (AvgIpc) is 2.71. The summed E-state index contributed by atoms with van der Waals surface area (Å²) in [6, 6.07) is 0.525. The summed E-state index contributed by atoms with van der Waals surface area (Å²) < 4.78 is 10.4. The number of methoxy groups -OCH3 is 2. The van der Waals surface area contributed by atoms with E-state index in [0.717, 1.165) is 58.4 Å². The number of hydrogen-bond donors (Lipinski definition) is 2. The molecule has 0 bridgehead atoms. The third kappa shape index (κ3) is 8.77. The smallest absolute Gasteiger partial charge is 0.191 e. The highest BCUT2D eigenvalue weighted by molar-refractivity contribution is 5.80. The molecule has 7 nitrogen and oxygen atoms in total. The monoisotopic (exact) mass is 383 g/mol. The molecule has 2 fully saturated rings. The fourth-order valence-corrected chi connectivity index (χ4v) is 3.87. The summed E-state index contributed by atoms with van der Waals surface area (Å²) in [6.07, 6.45) is 4.83. The fraction of sp³-hybridized carbons (Fsp3) is 0.950. The van der Waals surface area contributed by atoms with E-state index >= 15 is 0 Å². The van der Waals surface area contributed by atoms with Gasteiger partial charge in [-0.15, -0.1) is 0 Å². The van der Waals surface area contributed by atoms with Gasteiger partial charge in [-0.1, -0.05) is 0 Å². The Balaban J connectivity index is 1.70. The van der Waals surface area contributed by atoms with Gasteiger partial charge in [-0.25, -0.2) is 0 Å². The van der Waals surface area contributed by atoms with E-state index in [4.69, 9.17) is 14.5 Å². The number of ether oxygens (including phenoxy) is 2.